The smallest absolute Gasteiger partial charge is 0.307 e. The summed E-state index contributed by atoms with van der Waals surface area (Å²) < 4.78 is 12.5. The van der Waals surface area contributed by atoms with Gasteiger partial charge in [0.25, 0.3) is 0 Å². The molecule has 3 N–H and O–H groups in total. The van der Waals surface area contributed by atoms with Gasteiger partial charge in [0.1, 0.15) is 6.67 Å². The third-order valence-corrected chi connectivity index (χ3v) is 3.23. The molecule has 0 amide bonds. The summed E-state index contributed by atoms with van der Waals surface area (Å²) in [7, 11) is 0. The number of rotatable bonds is 7. The van der Waals surface area contributed by atoms with Crippen LogP contribution in [0.25, 0.3) is 0 Å². The molecule has 4 nitrogen and oxygen atoms in total. The van der Waals surface area contributed by atoms with Crippen LogP contribution in [0.3, 0.4) is 0 Å². The molecule has 0 radical (unpaired) electrons. The van der Waals surface area contributed by atoms with Crippen molar-refractivity contribution in [3.8, 4) is 0 Å². The van der Waals surface area contributed by atoms with E-state index < -0.39 is 18.6 Å². The number of hydrogen-bond donors (Lipinski definition) is 3. The number of nitrogens with one attached hydrogen (secondary N) is 2. The third-order valence-electron chi connectivity index (χ3n) is 1.77. The van der Waals surface area contributed by atoms with Gasteiger partial charge in [-0.3, -0.25) is 10.2 Å². The summed E-state index contributed by atoms with van der Waals surface area (Å²) in [5.41, 5.74) is 0. The molecular weight excluding hydrogens is 219 g/mol. The molecule has 0 aliphatic rings. The molecule has 88 valence electrons. The second-order valence-corrected chi connectivity index (χ2v) is 4.69. The average molecular weight is 236 g/mol. The molecule has 1 unspecified atom stereocenters. The number of carboxylic acid groups (broad SMARTS) is 1. The average Bonchev–Trinajstić information content (AvgIpc) is 2.17. The van der Waals surface area contributed by atoms with Crippen LogP contribution in [0.2, 0.25) is 0 Å². The molecule has 0 aliphatic heterocycles. The van der Waals surface area contributed by atoms with Crippen molar-refractivity contribution in [2.24, 2.45) is 5.92 Å². The van der Waals surface area contributed by atoms with E-state index in [1.807, 2.05) is 0 Å². The van der Waals surface area contributed by atoms with Crippen molar-refractivity contribution in [2.45, 2.75) is 19.1 Å². The van der Waals surface area contributed by atoms with Crippen molar-refractivity contribution in [2.75, 3.05) is 19.0 Å². The van der Waals surface area contributed by atoms with E-state index in [0.29, 0.717) is 18.1 Å². The van der Waals surface area contributed by atoms with E-state index in [1.165, 1.54) is 11.8 Å². The number of halogens is 1. The largest absolute Gasteiger partial charge is 0.481 e. The molecule has 0 saturated carbocycles. The Morgan fingerprint density at radius 1 is 1.67 bits per heavy atom. The van der Waals surface area contributed by atoms with Gasteiger partial charge in [0.05, 0.1) is 17.0 Å². The zero-order chi connectivity index (χ0) is 11.8. The molecule has 0 aromatic heterocycles. The van der Waals surface area contributed by atoms with Gasteiger partial charge >= 0.3 is 5.97 Å². The zero-order valence-corrected chi connectivity index (χ0v) is 9.73. The first kappa shape index (κ1) is 14.2. The highest BCUT2D eigenvalue weighted by Crippen LogP contribution is 2.15. The van der Waals surface area contributed by atoms with Crippen LogP contribution in [0.4, 0.5) is 4.39 Å². The Morgan fingerprint density at radius 3 is 2.67 bits per heavy atom. The van der Waals surface area contributed by atoms with E-state index in [9.17, 15) is 9.18 Å². The van der Waals surface area contributed by atoms with Gasteiger partial charge in [-0.25, -0.2) is 4.39 Å². The van der Waals surface area contributed by atoms with Crippen molar-refractivity contribution in [3.63, 3.8) is 0 Å². The number of carboxylic acids is 1. The summed E-state index contributed by atoms with van der Waals surface area (Å²) >= 11 is 1.28. The summed E-state index contributed by atoms with van der Waals surface area (Å²) in [6.07, 6.45) is 0. The van der Waals surface area contributed by atoms with E-state index in [0.717, 1.165) is 0 Å². The lowest BCUT2D eigenvalue weighted by Crippen LogP contribution is -2.30. The highest BCUT2D eigenvalue weighted by molar-refractivity contribution is 8.00. The highest BCUT2D eigenvalue weighted by Gasteiger charge is 2.15. The predicted octanol–water partition coefficient (Wildman–Crippen LogP) is 1.37. The topological polar surface area (TPSA) is 73.2 Å². The van der Waals surface area contributed by atoms with E-state index >= 15 is 0 Å². The molecule has 0 spiro atoms. The molecular formula is C9H17FN2O2S. The second kappa shape index (κ2) is 7.50. The van der Waals surface area contributed by atoms with E-state index in [4.69, 9.17) is 10.5 Å². The molecule has 6 heteroatoms. The summed E-state index contributed by atoms with van der Waals surface area (Å²) in [4.78, 5) is 10.5. The minimum Gasteiger partial charge on any atom is -0.481 e. The minimum absolute atomic E-state index is 0.285. The fourth-order valence-corrected chi connectivity index (χ4v) is 1.77. The Labute approximate surface area is 93.1 Å². The van der Waals surface area contributed by atoms with Gasteiger partial charge in [-0.15, -0.1) is 0 Å². The lowest BCUT2D eigenvalue weighted by molar-refractivity contribution is -0.140. The molecule has 0 aromatic rings. The molecule has 0 rings (SSSR count). The fourth-order valence-electron chi connectivity index (χ4n) is 0.777. The van der Waals surface area contributed by atoms with Crippen molar-refractivity contribution < 1.29 is 14.3 Å². The molecule has 0 bridgehead atoms. The van der Waals surface area contributed by atoms with Gasteiger partial charge in [-0.2, -0.15) is 11.8 Å². The van der Waals surface area contributed by atoms with Crippen LogP contribution in [0, 0.1) is 11.3 Å². The lowest BCUT2D eigenvalue weighted by atomic mass is 10.2. The van der Waals surface area contributed by atoms with Crippen molar-refractivity contribution in [1.82, 2.24) is 5.32 Å². The Bertz CT molecular complexity index is 226. The Balaban J connectivity index is 3.79. The first-order valence-electron chi connectivity index (χ1n) is 4.66. The van der Waals surface area contributed by atoms with Crippen molar-refractivity contribution in [1.29, 1.82) is 5.41 Å². The van der Waals surface area contributed by atoms with Crippen LogP contribution in [0.5, 0.6) is 0 Å². The van der Waals surface area contributed by atoms with E-state index in [1.54, 1.807) is 13.8 Å². The van der Waals surface area contributed by atoms with Gasteiger partial charge in [-0.1, -0.05) is 6.92 Å². The first-order valence-corrected chi connectivity index (χ1v) is 5.71. The van der Waals surface area contributed by atoms with Crippen LogP contribution >= 0.6 is 11.8 Å². The summed E-state index contributed by atoms with van der Waals surface area (Å²) in [5.74, 6) is -0.649. The normalized spacial score (nSPS) is 14.3. The SMILES string of the molecule is CC(=N)NCC(CF)SC[C@@H](C)C(=O)O. The molecule has 2 atom stereocenters. The first-order chi connectivity index (χ1) is 6.97. The van der Waals surface area contributed by atoms with E-state index in [2.05, 4.69) is 5.32 Å². The summed E-state index contributed by atoms with van der Waals surface area (Å²) in [6.45, 7) is 3.03. The predicted molar refractivity (Wildman–Crippen MR) is 60.4 cm³/mol. The van der Waals surface area contributed by atoms with Crippen LogP contribution in [0.1, 0.15) is 13.8 Å². The maximum Gasteiger partial charge on any atom is 0.307 e. The zero-order valence-electron chi connectivity index (χ0n) is 8.92. The second-order valence-electron chi connectivity index (χ2n) is 3.35. The monoisotopic (exact) mass is 236 g/mol. The van der Waals surface area contributed by atoms with Crippen LogP contribution in [0.15, 0.2) is 0 Å². The maximum absolute atomic E-state index is 12.5. The molecule has 0 saturated heterocycles. The van der Waals surface area contributed by atoms with E-state index in [-0.39, 0.29) is 5.25 Å². The highest BCUT2D eigenvalue weighted by atomic mass is 32.2. The Hall–Kier alpha value is -0.780. The van der Waals surface area contributed by atoms with Gasteiger partial charge in [0.2, 0.25) is 0 Å². The fraction of sp³-hybridized carbons (Fsp3) is 0.778. The Morgan fingerprint density at radius 2 is 2.27 bits per heavy atom. The summed E-state index contributed by atoms with van der Waals surface area (Å²) in [6, 6.07) is 0. The molecule has 0 aliphatic carbocycles. The van der Waals surface area contributed by atoms with Crippen molar-refractivity contribution in [3.05, 3.63) is 0 Å². The minimum atomic E-state index is -0.865. The molecule has 0 fully saturated rings. The molecule has 15 heavy (non-hydrogen) atoms. The van der Waals surface area contributed by atoms with Crippen LogP contribution < -0.4 is 5.32 Å². The number of aliphatic carboxylic acids is 1. The molecule has 0 aromatic carbocycles. The van der Waals surface area contributed by atoms with Gasteiger partial charge in [0.15, 0.2) is 0 Å². The lowest BCUT2D eigenvalue weighted by Gasteiger charge is -2.15. The number of thioether (sulfide) groups is 1. The Kier molecular flexibility index (Phi) is 7.11. The number of hydrogen-bond acceptors (Lipinski definition) is 3. The quantitative estimate of drug-likeness (QED) is 0.461. The van der Waals surface area contributed by atoms with Crippen molar-refractivity contribution >= 4 is 23.6 Å². The third kappa shape index (κ3) is 7.18. The van der Waals surface area contributed by atoms with Crippen LogP contribution in [-0.4, -0.2) is 41.1 Å². The summed E-state index contributed by atoms with van der Waals surface area (Å²) in [5, 5.41) is 18.2. The number of amidine groups is 1. The molecule has 0 heterocycles. The van der Waals surface area contributed by atoms with Gasteiger partial charge in [0, 0.05) is 12.3 Å². The number of carbonyl (C=O) groups is 1. The maximum atomic E-state index is 12.5. The number of alkyl halides is 1. The van der Waals surface area contributed by atoms with Gasteiger partial charge in [-0.05, 0) is 6.92 Å². The van der Waals surface area contributed by atoms with Crippen LogP contribution in [-0.2, 0) is 4.79 Å². The van der Waals surface area contributed by atoms with Gasteiger partial charge < -0.3 is 10.4 Å². The standard InChI is InChI=1S/C9H17FN2O2S/c1-6(9(13)14)5-15-8(3-10)4-12-7(2)11/h6,8H,3-5H2,1-2H3,(H2,11,12)(H,13,14)/t6-,8?/m1/s1.